The fraction of sp³-hybridized carbons (Fsp3) is 0.143. The van der Waals surface area contributed by atoms with Crippen molar-refractivity contribution in [2.45, 2.75) is 13.0 Å². The van der Waals surface area contributed by atoms with Crippen molar-refractivity contribution in [3.8, 4) is 0 Å². The molecule has 0 saturated carbocycles. The Hall–Kier alpha value is -2.56. The molecule has 0 saturated heterocycles. The molecule has 0 aliphatic rings. The molecule has 1 heterocycles. The minimum absolute atomic E-state index is 0.390. The second-order valence-electron chi connectivity index (χ2n) is 4.11. The molecule has 98 valence electrons. The molecule has 0 spiro atoms. The summed E-state index contributed by atoms with van der Waals surface area (Å²) in [6.07, 6.45) is 1.42. The minimum atomic E-state index is -0.858. The van der Waals surface area contributed by atoms with Gasteiger partial charge < -0.3 is 15.5 Å². The molecule has 2 rings (SSSR count). The summed E-state index contributed by atoms with van der Waals surface area (Å²) in [6, 6.07) is 9.54. The van der Waals surface area contributed by atoms with Crippen LogP contribution in [0.2, 0.25) is 0 Å². The Morgan fingerprint density at radius 2 is 1.89 bits per heavy atom. The lowest BCUT2D eigenvalue weighted by molar-refractivity contribution is -0.120. The van der Waals surface area contributed by atoms with E-state index in [2.05, 4.69) is 5.32 Å². The van der Waals surface area contributed by atoms with Crippen LogP contribution in [0.25, 0.3) is 0 Å². The van der Waals surface area contributed by atoms with E-state index < -0.39 is 11.9 Å². The lowest BCUT2D eigenvalue weighted by Gasteiger charge is -2.15. The number of aryl methyl sites for hydroxylation is 1. The monoisotopic (exact) mass is 258 g/mol. The van der Waals surface area contributed by atoms with Gasteiger partial charge in [-0.15, -0.1) is 0 Å². The van der Waals surface area contributed by atoms with Gasteiger partial charge in [-0.25, -0.2) is 0 Å². The van der Waals surface area contributed by atoms with Gasteiger partial charge in [0.15, 0.2) is 0 Å². The molecule has 1 atom stereocenters. The maximum absolute atomic E-state index is 12.0. The van der Waals surface area contributed by atoms with Crippen LogP contribution >= 0.6 is 0 Å². The van der Waals surface area contributed by atoms with E-state index in [4.69, 9.17) is 10.2 Å². The molecule has 0 bridgehead atoms. The molecule has 3 N–H and O–H groups in total. The Morgan fingerprint density at radius 3 is 2.42 bits per heavy atom. The van der Waals surface area contributed by atoms with Crippen LogP contribution in [0.4, 0.5) is 0 Å². The van der Waals surface area contributed by atoms with E-state index in [1.807, 2.05) is 6.07 Å². The number of amides is 2. The number of carbonyl (C=O) groups is 2. The summed E-state index contributed by atoms with van der Waals surface area (Å²) in [7, 11) is 0. The average Bonchev–Trinajstić information content (AvgIpc) is 2.82. The average molecular weight is 258 g/mol. The van der Waals surface area contributed by atoms with Crippen molar-refractivity contribution in [1.82, 2.24) is 5.32 Å². The number of primary amides is 1. The summed E-state index contributed by atoms with van der Waals surface area (Å²) in [5.41, 5.74) is 6.37. The standard InChI is InChI=1S/C14H14N2O3/c1-9-11(7-8-19-9)14(18)16-12(13(15)17)10-5-3-2-4-6-10/h2-8,12H,1H3,(H2,15,17)(H,16,18). The highest BCUT2D eigenvalue weighted by Gasteiger charge is 2.22. The van der Waals surface area contributed by atoms with Crippen LogP contribution in [-0.4, -0.2) is 11.8 Å². The van der Waals surface area contributed by atoms with Crippen molar-refractivity contribution in [3.05, 3.63) is 59.5 Å². The molecule has 0 aliphatic heterocycles. The Morgan fingerprint density at radius 1 is 1.21 bits per heavy atom. The second-order valence-corrected chi connectivity index (χ2v) is 4.11. The van der Waals surface area contributed by atoms with E-state index in [0.717, 1.165) is 0 Å². The molecule has 0 radical (unpaired) electrons. The third kappa shape index (κ3) is 2.82. The lowest BCUT2D eigenvalue weighted by Crippen LogP contribution is -2.37. The topological polar surface area (TPSA) is 85.3 Å². The summed E-state index contributed by atoms with van der Waals surface area (Å²) >= 11 is 0. The van der Waals surface area contributed by atoms with Gasteiger partial charge in [-0.2, -0.15) is 0 Å². The molecular weight excluding hydrogens is 244 g/mol. The van der Waals surface area contributed by atoms with Crippen molar-refractivity contribution >= 4 is 11.8 Å². The first-order valence-corrected chi connectivity index (χ1v) is 5.79. The van der Waals surface area contributed by atoms with Gasteiger partial charge in [-0.05, 0) is 18.6 Å². The van der Waals surface area contributed by atoms with Gasteiger partial charge in [0, 0.05) is 0 Å². The number of hydrogen-bond acceptors (Lipinski definition) is 3. The van der Waals surface area contributed by atoms with Crippen LogP contribution in [0.3, 0.4) is 0 Å². The van der Waals surface area contributed by atoms with Gasteiger partial charge in [0.25, 0.3) is 5.91 Å². The Balaban J connectivity index is 2.21. The van der Waals surface area contributed by atoms with Crippen molar-refractivity contribution in [3.63, 3.8) is 0 Å². The van der Waals surface area contributed by atoms with Gasteiger partial charge >= 0.3 is 0 Å². The Kier molecular flexibility index (Phi) is 3.66. The number of nitrogens with two attached hydrogens (primary N) is 1. The maximum Gasteiger partial charge on any atom is 0.255 e. The van der Waals surface area contributed by atoms with Crippen molar-refractivity contribution in [2.75, 3.05) is 0 Å². The minimum Gasteiger partial charge on any atom is -0.469 e. The normalized spacial score (nSPS) is 11.8. The van der Waals surface area contributed by atoms with Crippen molar-refractivity contribution in [1.29, 1.82) is 0 Å². The molecule has 0 fully saturated rings. The van der Waals surface area contributed by atoms with Crippen LogP contribution in [-0.2, 0) is 4.79 Å². The number of carbonyl (C=O) groups excluding carboxylic acids is 2. The molecule has 2 aromatic rings. The van der Waals surface area contributed by atoms with Crippen molar-refractivity contribution in [2.24, 2.45) is 5.73 Å². The second kappa shape index (κ2) is 5.39. The molecule has 1 aromatic carbocycles. The van der Waals surface area contributed by atoms with E-state index in [1.54, 1.807) is 37.3 Å². The lowest BCUT2D eigenvalue weighted by atomic mass is 10.1. The SMILES string of the molecule is Cc1occc1C(=O)NC(C(N)=O)c1ccccc1. The zero-order valence-corrected chi connectivity index (χ0v) is 10.4. The highest BCUT2D eigenvalue weighted by molar-refractivity contribution is 5.98. The third-order valence-corrected chi connectivity index (χ3v) is 2.80. The van der Waals surface area contributed by atoms with Gasteiger partial charge in [0.05, 0.1) is 11.8 Å². The summed E-state index contributed by atoms with van der Waals surface area (Å²) < 4.78 is 5.06. The highest BCUT2D eigenvalue weighted by atomic mass is 16.3. The van der Waals surface area contributed by atoms with Crippen LogP contribution in [0.5, 0.6) is 0 Å². The summed E-state index contributed by atoms with van der Waals surface area (Å²) in [5.74, 6) is -0.506. The van der Waals surface area contributed by atoms with E-state index in [9.17, 15) is 9.59 Å². The molecule has 2 amide bonds. The number of hydrogen-bond donors (Lipinski definition) is 2. The zero-order valence-electron chi connectivity index (χ0n) is 10.4. The van der Waals surface area contributed by atoms with Crippen LogP contribution in [0.1, 0.15) is 27.7 Å². The zero-order chi connectivity index (χ0) is 13.8. The fourth-order valence-electron chi connectivity index (χ4n) is 1.79. The molecule has 19 heavy (non-hydrogen) atoms. The van der Waals surface area contributed by atoms with E-state index in [1.165, 1.54) is 6.26 Å². The largest absolute Gasteiger partial charge is 0.469 e. The summed E-state index contributed by atoms with van der Waals surface area (Å²) in [4.78, 5) is 23.5. The van der Waals surface area contributed by atoms with Crippen molar-refractivity contribution < 1.29 is 14.0 Å². The molecule has 5 heteroatoms. The van der Waals surface area contributed by atoms with Crippen LogP contribution in [0.15, 0.2) is 47.1 Å². The van der Waals surface area contributed by atoms with Gasteiger partial charge in [-0.1, -0.05) is 30.3 Å². The molecule has 1 aromatic heterocycles. The fourth-order valence-corrected chi connectivity index (χ4v) is 1.79. The Labute approximate surface area is 110 Å². The molecular formula is C14H14N2O3. The van der Waals surface area contributed by atoms with Gasteiger partial charge in [0.2, 0.25) is 5.91 Å². The van der Waals surface area contributed by atoms with Crippen LogP contribution in [0, 0.1) is 6.92 Å². The third-order valence-electron chi connectivity index (χ3n) is 2.80. The maximum atomic E-state index is 12.0. The number of benzene rings is 1. The molecule has 5 nitrogen and oxygen atoms in total. The van der Waals surface area contributed by atoms with Crippen LogP contribution < -0.4 is 11.1 Å². The van der Waals surface area contributed by atoms with Gasteiger partial charge in [-0.3, -0.25) is 9.59 Å². The quantitative estimate of drug-likeness (QED) is 0.872. The molecule has 1 unspecified atom stereocenters. The predicted molar refractivity (Wildman–Crippen MR) is 69.3 cm³/mol. The highest BCUT2D eigenvalue weighted by Crippen LogP contribution is 2.15. The molecule has 0 aliphatic carbocycles. The summed E-state index contributed by atoms with van der Waals surface area (Å²) in [5, 5.41) is 2.60. The number of rotatable bonds is 4. The first-order valence-electron chi connectivity index (χ1n) is 5.79. The first kappa shape index (κ1) is 12.9. The Bertz CT molecular complexity index is 590. The first-order chi connectivity index (χ1) is 9.09. The number of furan rings is 1. The smallest absolute Gasteiger partial charge is 0.255 e. The van der Waals surface area contributed by atoms with E-state index in [0.29, 0.717) is 16.9 Å². The summed E-state index contributed by atoms with van der Waals surface area (Å²) in [6.45, 7) is 1.68. The number of nitrogens with one attached hydrogen (secondary N) is 1. The predicted octanol–water partition coefficient (Wildman–Crippen LogP) is 1.54. The van der Waals surface area contributed by atoms with E-state index in [-0.39, 0.29) is 5.91 Å². The van der Waals surface area contributed by atoms with Gasteiger partial charge in [0.1, 0.15) is 11.8 Å². The van der Waals surface area contributed by atoms with E-state index >= 15 is 0 Å².